The maximum Gasteiger partial charge on any atom is 0.252 e. The van der Waals surface area contributed by atoms with Gasteiger partial charge < -0.3 is 5.32 Å². The highest BCUT2D eigenvalue weighted by Crippen LogP contribution is 2.02. The second-order valence-corrected chi connectivity index (χ2v) is 4.14. The molecule has 6 heteroatoms. The van der Waals surface area contributed by atoms with Gasteiger partial charge in [-0.15, -0.1) is 5.10 Å². The standard InChI is InChI=1S/C13H13N5O/c1-10-2-4-11(5-3-10)7-15-13(19)8-18-9-16-12(6-14)17-18/h2-5,9H,7-8H2,1H3,(H,15,19). The smallest absolute Gasteiger partial charge is 0.252 e. The Kier molecular flexibility index (Phi) is 3.88. The predicted octanol–water partition coefficient (Wildman–Crippen LogP) is 0.775. The Labute approximate surface area is 110 Å². The number of aromatic nitrogens is 3. The van der Waals surface area contributed by atoms with Crippen molar-refractivity contribution in [1.29, 1.82) is 5.26 Å². The molecule has 0 aliphatic heterocycles. The van der Waals surface area contributed by atoms with Gasteiger partial charge in [0.05, 0.1) is 0 Å². The quantitative estimate of drug-likeness (QED) is 0.874. The molecule has 0 unspecified atom stereocenters. The fraction of sp³-hybridized carbons (Fsp3) is 0.231. The first-order valence-corrected chi connectivity index (χ1v) is 5.79. The normalized spacial score (nSPS) is 9.89. The van der Waals surface area contributed by atoms with E-state index in [2.05, 4.69) is 15.4 Å². The Hall–Kier alpha value is -2.68. The molecule has 1 aromatic carbocycles. The number of rotatable bonds is 4. The van der Waals surface area contributed by atoms with Crippen LogP contribution in [-0.2, 0) is 17.9 Å². The van der Waals surface area contributed by atoms with Crippen molar-refractivity contribution in [2.45, 2.75) is 20.0 Å². The molecule has 2 aromatic rings. The SMILES string of the molecule is Cc1ccc(CNC(=O)Cn2cnc(C#N)n2)cc1. The van der Waals surface area contributed by atoms with Gasteiger partial charge in [0.1, 0.15) is 18.9 Å². The predicted molar refractivity (Wildman–Crippen MR) is 67.8 cm³/mol. The third kappa shape index (κ3) is 3.64. The summed E-state index contributed by atoms with van der Waals surface area (Å²) in [6, 6.07) is 9.75. The van der Waals surface area contributed by atoms with E-state index in [0.29, 0.717) is 6.54 Å². The summed E-state index contributed by atoms with van der Waals surface area (Å²) in [5.74, 6) is -0.110. The number of nitriles is 1. The van der Waals surface area contributed by atoms with Crippen LogP contribution in [0.3, 0.4) is 0 Å². The third-order valence-electron chi connectivity index (χ3n) is 2.55. The van der Waals surface area contributed by atoms with Gasteiger partial charge >= 0.3 is 0 Å². The van der Waals surface area contributed by atoms with Crippen molar-refractivity contribution < 1.29 is 4.79 Å². The van der Waals surface area contributed by atoms with Crippen LogP contribution in [0, 0.1) is 18.3 Å². The number of benzene rings is 1. The Morgan fingerprint density at radius 2 is 2.16 bits per heavy atom. The van der Waals surface area contributed by atoms with Crippen LogP contribution >= 0.6 is 0 Å². The van der Waals surface area contributed by atoms with E-state index in [1.807, 2.05) is 37.3 Å². The van der Waals surface area contributed by atoms with Crippen molar-refractivity contribution in [2.24, 2.45) is 0 Å². The summed E-state index contributed by atoms with van der Waals surface area (Å²) < 4.78 is 1.34. The lowest BCUT2D eigenvalue weighted by atomic mass is 10.1. The van der Waals surface area contributed by atoms with E-state index in [1.54, 1.807) is 0 Å². The maximum absolute atomic E-state index is 11.7. The van der Waals surface area contributed by atoms with E-state index >= 15 is 0 Å². The summed E-state index contributed by atoms with van der Waals surface area (Å²) in [5.41, 5.74) is 2.22. The molecule has 1 amide bonds. The molecule has 19 heavy (non-hydrogen) atoms. The van der Waals surface area contributed by atoms with Gasteiger partial charge in [-0.25, -0.2) is 9.67 Å². The molecule has 0 aliphatic rings. The van der Waals surface area contributed by atoms with E-state index in [-0.39, 0.29) is 18.3 Å². The number of carbonyl (C=O) groups excluding carboxylic acids is 1. The van der Waals surface area contributed by atoms with Crippen LogP contribution in [-0.4, -0.2) is 20.7 Å². The van der Waals surface area contributed by atoms with E-state index in [1.165, 1.54) is 16.6 Å². The number of hydrogen-bond acceptors (Lipinski definition) is 4. The molecule has 0 saturated carbocycles. The van der Waals surface area contributed by atoms with Gasteiger partial charge in [-0.1, -0.05) is 29.8 Å². The average molecular weight is 255 g/mol. The van der Waals surface area contributed by atoms with Crippen LogP contribution in [0.2, 0.25) is 0 Å². The van der Waals surface area contributed by atoms with Crippen molar-refractivity contribution in [3.8, 4) is 6.07 Å². The molecule has 96 valence electrons. The fourth-order valence-electron chi connectivity index (χ4n) is 1.53. The van der Waals surface area contributed by atoms with Crippen molar-refractivity contribution in [3.05, 3.63) is 47.5 Å². The topological polar surface area (TPSA) is 83.6 Å². The monoisotopic (exact) mass is 255 g/mol. The number of hydrogen-bond donors (Lipinski definition) is 1. The number of amides is 1. The van der Waals surface area contributed by atoms with Gasteiger partial charge in [0.15, 0.2) is 0 Å². The second-order valence-electron chi connectivity index (χ2n) is 4.14. The van der Waals surface area contributed by atoms with Crippen LogP contribution in [0.5, 0.6) is 0 Å². The van der Waals surface area contributed by atoms with Crippen molar-refractivity contribution in [2.75, 3.05) is 0 Å². The highest BCUT2D eigenvalue weighted by atomic mass is 16.2. The highest BCUT2D eigenvalue weighted by Gasteiger charge is 2.05. The molecule has 2 rings (SSSR count). The Bertz CT molecular complexity index is 609. The van der Waals surface area contributed by atoms with Crippen molar-refractivity contribution >= 4 is 5.91 Å². The van der Waals surface area contributed by atoms with Crippen molar-refractivity contribution in [3.63, 3.8) is 0 Å². The molecular weight excluding hydrogens is 242 g/mol. The zero-order valence-electron chi connectivity index (χ0n) is 10.5. The van der Waals surface area contributed by atoms with E-state index < -0.39 is 0 Å². The van der Waals surface area contributed by atoms with E-state index in [4.69, 9.17) is 5.26 Å². The maximum atomic E-state index is 11.7. The van der Waals surface area contributed by atoms with E-state index in [9.17, 15) is 4.79 Å². The van der Waals surface area contributed by atoms with Crippen LogP contribution in [0.4, 0.5) is 0 Å². The highest BCUT2D eigenvalue weighted by molar-refractivity contribution is 5.75. The lowest BCUT2D eigenvalue weighted by Gasteiger charge is -2.05. The summed E-state index contributed by atoms with van der Waals surface area (Å²) in [6.45, 7) is 2.54. The summed E-state index contributed by atoms with van der Waals surface area (Å²) in [4.78, 5) is 15.4. The average Bonchev–Trinajstić information content (AvgIpc) is 2.86. The fourth-order valence-corrected chi connectivity index (χ4v) is 1.53. The third-order valence-corrected chi connectivity index (χ3v) is 2.55. The number of carbonyl (C=O) groups is 1. The van der Waals surface area contributed by atoms with Crippen LogP contribution in [0.15, 0.2) is 30.6 Å². The molecule has 0 saturated heterocycles. The van der Waals surface area contributed by atoms with Gasteiger partial charge in [-0.05, 0) is 12.5 Å². The van der Waals surface area contributed by atoms with Crippen LogP contribution in [0.25, 0.3) is 0 Å². The first kappa shape index (κ1) is 12.8. The van der Waals surface area contributed by atoms with Gasteiger partial charge in [0.25, 0.3) is 5.82 Å². The summed E-state index contributed by atoms with van der Waals surface area (Å²) in [6.07, 6.45) is 1.37. The van der Waals surface area contributed by atoms with Gasteiger partial charge in [0, 0.05) is 6.54 Å². The number of aryl methyl sites for hydroxylation is 1. The van der Waals surface area contributed by atoms with E-state index in [0.717, 1.165) is 5.56 Å². The summed E-state index contributed by atoms with van der Waals surface area (Å²) in [7, 11) is 0. The molecule has 1 aromatic heterocycles. The summed E-state index contributed by atoms with van der Waals surface area (Å²) in [5, 5.41) is 15.2. The van der Waals surface area contributed by atoms with Crippen molar-refractivity contribution in [1.82, 2.24) is 20.1 Å². The minimum absolute atomic E-state index is 0.0561. The first-order valence-electron chi connectivity index (χ1n) is 5.79. The molecule has 1 N–H and O–H groups in total. The van der Waals surface area contributed by atoms with Gasteiger partial charge in [-0.3, -0.25) is 4.79 Å². The molecule has 0 radical (unpaired) electrons. The molecule has 1 heterocycles. The largest absolute Gasteiger partial charge is 0.350 e. The summed E-state index contributed by atoms with van der Waals surface area (Å²) >= 11 is 0. The van der Waals surface area contributed by atoms with Gasteiger partial charge in [0.2, 0.25) is 5.91 Å². The molecule has 6 nitrogen and oxygen atoms in total. The lowest BCUT2D eigenvalue weighted by Crippen LogP contribution is -2.27. The lowest BCUT2D eigenvalue weighted by molar-refractivity contribution is -0.122. The Morgan fingerprint density at radius 1 is 1.42 bits per heavy atom. The molecule has 0 spiro atoms. The molecule has 0 aliphatic carbocycles. The minimum atomic E-state index is -0.171. The molecule has 0 bridgehead atoms. The molecule has 0 atom stereocenters. The Morgan fingerprint density at radius 3 is 2.79 bits per heavy atom. The Balaban J connectivity index is 1.84. The zero-order valence-corrected chi connectivity index (χ0v) is 10.5. The first-order chi connectivity index (χ1) is 9.17. The minimum Gasteiger partial charge on any atom is -0.350 e. The van der Waals surface area contributed by atoms with Crippen LogP contribution in [0.1, 0.15) is 17.0 Å². The molecular formula is C13H13N5O. The molecule has 0 fully saturated rings. The number of nitrogens with one attached hydrogen (secondary N) is 1. The van der Waals surface area contributed by atoms with Crippen LogP contribution < -0.4 is 5.32 Å². The zero-order chi connectivity index (χ0) is 13.7. The number of nitrogens with zero attached hydrogens (tertiary/aromatic N) is 4. The van der Waals surface area contributed by atoms with Gasteiger partial charge in [-0.2, -0.15) is 5.26 Å². The second kappa shape index (κ2) is 5.78.